The highest BCUT2D eigenvalue weighted by molar-refractivity contribution is 14.0. The summed E-state index contributed by atoms with van der Waals surface area (Å²) in [5, 5.41) is 16.6. The summed E-state index contributed by atoms with van der Waals surface area (Å²) < 4.78 is 11.2. The topological polar surface area (TPSA) is 82.3 Å². The van der Waals surface area contributed by atoms with Gasteiger partial charge in [0.2, 0.25) is 0 Å². The number of likely N-dealkylation sites (tertiary alicyclic amines) is 1. The number of rotatable bonds is 9. The number of halogens is 1. The highest BCUT2D eigenvalue weighted by Crippen LogP contribution is 2.27. The first kappa shape index (κ1) is 24.3. The Balaban J connectivity index is 0.00000320. The molecule has 7 nitrogen and oxygen atoms in total. The van der Waals surface area contributed by atoms with E-state index in [9.17, 15) is 5.11 Å². The molecule has 0 spiro atoms. The number of phenolic OH excluding ortho intramolecular Hbond substituents is 1. The lowest BCUT2D eigenvalue weighted by Crippen LogP contribution is -2.42. The molecule has 8 heteroatoms. The number of phenols is 1. The monoisotopic (exact) mass is 528 g/mol. The third-order valence-electron chi connectivity index (χ3n) is 5.00. The summed E-state index contributed by atoms with van der Waals surface area (Å²) in [4.78, 5) is 7.16. The molecule has 0 radical (unpaired) electrons. The highest BCUT2D eigenvalue weighted by Gasteiger charge is 2.25. The summed E-state index contributed by atoms with van der Waals surface area (Å²) in [5.41, 5.74) is 0.977. The average molecular weight is 528 g/mol. The maximum Gasteiger partial charge on any atom is 0.191 e. The quantitative estimate of drug-likeness (QED) is 0.260. The number of nitrogens with one attached hydrogen (secondary N) is 2. The fraction of sp³-hybridized carbons (Fsp3) is 0.500. The van der Waals surface area contributed by atoms with Gasteiger partial charge in [-0.05, 0) is 69.6 Å². The van der Waals surface area contributed by atoms with Gasteiger partial charge in [-0.25, -0.2) is 4.99 Å². The zero-order valence-electron chi connectivity index (χ0n) is 17.8. The van der Waals surface area contributed by atoms with Crippen molar-refractivity contribution in [3.8, 4) is 11.5 Å². The zero-order valence-corrected chi connectivity index (χ0v) is 20.1. The van der Waals surface area contributed by atoms with Crippen LogP contribution in [0.3, 0.4) is 0 Å². The van der Waals surface area contributed by atoms with Crippen LogP contribution >= 0.6 is 24.0 Å². The van der Waals surface area contributed by atoms with Crippen LogP contribution in [0.25, 0.3) is 0 Å². The number of hydrogen-bond donors (Lipinski definition) is 3. The fourth-order valence-corrected chi connectivity index (χ4v) is 3.58. The number of hydrogen-bond acceptors (Lipinski definition) is 5. The Morgan fingerprint density at radius 2 is 2.03 bits per heavy atom. The van der Waals surface area contributed by atoms with Crippen molar-refractivity contribution >= 4 is 29.9 Å². The maximum atomic E-state index is 9.87. The predicted molar refractivity (Wildman–Crippen MR) is 130 cm³/mol. The molecule has 1 atom stereocenters. The van der Waals surface area contributed by atoms with E-state index in [1.165, 1.54) is 12.8 Å². The molecule has 0 aliphatic carbocycles. The lowest BCUT2D eigenvalue weighted by Gasteiger charge is -2.26. The molecule has 1 aliphatic rings. The minimum absolute atomic E-state index is 0. The number of aliphatic imine (C=N–C) groups is 1. The van der Waals surface area contributed by atoms with E-state index in [1.54, 1.807) is 12.3 Å². The molecule has 0 amide bonds. The largest absolute Gasteiger partial charge is 0.504 e. The van der Waals surface area contributed by atoms with E-state index in [0.717, 1.165) is 43.5 Å². The van der Waals surface area contributed by atoms with Crippen molar-refractivity contribution in [3.63, 3.8) is 0 Å². The lowest BCUT2D eigenvalue weighted by atomic mass is 10.2. The van der Waals surface area contributed by atoms with Gasteiger partial charge in [-0.1, -0.05) is 6.07 Å². The highest BCUT2D eigenvalue weighted by atomic mass is 127. The molecule has 1 fully saturated rings. The zero-order chi connectivity index (χ0) is 20.5. The van der Waals surface area contributed by atoms with E-state index in [2.05, 4.69) is 22.5 Å². The first-order chi connectivity index (χ1) is 14.2. The predicted octanol–water partition coefficient (Wildman–Crippen LogP) is 3.89. The molecule has 0 saturated carbocycles. The first-order valence-electron chi connectivity index (χ1n) is 10.5. The van der Waals surface area contributed by atoms with Crippen LogP contribution in [0.1, 0.15) is 44.1 Å². The molecule has 2 heterocycles. The summed E-state index contributed by atoms with van der Waals surface area (Å²) in [6, 6.07) is 9.52. The van der Waals surface area contributed by atoms with Crippen molar-refractivity contribution in [2.24, 2.45) is 4.99 Å². The van der Waals surface area contributed by atoms with Crippen molar-refractivity contribution in [1.82, 2.24) is 15.5 Å². The van der Waals surface area contributed by atoms with E-state index in [1.807, 2.05) is 31.2 Å². The van der Waals surface area contributed by atoms with Crippen LogP contribution in [0.5, 0.6) is 11.5 Å². The molecule has 3 N–H and O–H groups in total. The third kappa shape index (κ3) is 6.80. The molecule has 1 aromatic heterocycles. The van der Waals surface area contributed by atoms with Gasteiger partial charge in [-0.2, -0.15) is 0 Å². The van der Waals surface area contributed by atoms with Crippen LogP contribution in [-0.2, 0) is 6.54 Å². The molecule has 0 bridgehead atoms. The molecule has 1 saturated heterocycles. The SMILES string of the molecule is CCNC(=NCc1ccc(O)c(OCC)c1)NCC(c1ccco1)N1CCCC1.I. The van der Waals surface area contributed by atoms with Crippen molar-refractivity contribution < 1.29 is 14.3 Å². The second-order valence-electron chi connectivity index (χ2n) is 7.09. The smallest absolute Gasteiger partial charge is 0.191 e. The van der Waals surface area contributed by atoms with Gasteiger partial charge in [0.1, 0.15) is 5.76 Å². The van der Waals surface area contributed by atoms with E-state index in [-0.39, 0.29) is 35.8 Å². The second kappa shape index (κ2) is 12.7. The Labute approximate surface area is 195 Å². The Kier molecular flexibility index (Phi) is 10.3. The van der Waals surface area contributed by atoms with Gasteiger partial charge in [0.25, 0.3) is 0 Å². The van der Waals surface area contributed by atoms with E-state index < -0.39 is 0 Å². The average Bonchev–Trinajstić information content (AvgIpc) is 3.43. The van der Waals surface area contributed by atoms with E-state index >= 15 is 0 Å². The number of guanidine groups is 1. The van der Waals surface area contributed by atoms with Crippen LogP contribution in [0.15, 0.2) is 46.0 Å². The Morgan fingerprint density at radius 3 is 2.70 bits per heavy atom. The molecular formula is C22H33IN4O3. The Bertz CT molecular complexity index is 777. The summed E-state index contributed by atoms with van der Waals surface area (Å²) in [6.45, 7) is 8.63. The Hall–Kier alpha value is -1.94. The number of nitrogens with zero attached hydrogens (tertiary/aromatic N) is 2. The Morgan fingerprint density at radius 1 is 1.23 bits per heavy atom. The van der Waals surface area contributed by atoms with Crippen LogP contribution in [-0.4, -0.2) is 48.8 Å². The fourth-order valence-electron chi connectivity index (χ4n) is 3.58. The summed E-state index contributed by atoms with van der Waals surface area (Å²) in [5.74, 6) is 2.38. The van der Waals surface area contributed by atoms with Gasteiger partial charge in [-0.3, -0.25) is 4.90 Å². The molecule has 1 aromatic carbocycles. The minimum atomic E-state index is 0. The number of ether oxygens (including phenoxy) is 1. The van der Waals surface area contributed by atoms with Gasteiger partial charge < -0.3 is 24.9 Å². The summed E-state index contributed by atoms with van der Waals surface area (Å²) >= 11 is 0. The van der Waals surface area contributed by atoms with Gasteiger partial charge in [0, 0.05) is 13.1 Å². The normalized spacial score (nSPS) is 15.5. The standard InChI is InChI=1S/C22H32N4O3.HI/c1-3-23-22(24-15-17-9-10-19(27)21(14-17)28-4-2)25-16-18(20-8-7-13-29-20)26-11-5-6-12-26;/h7-10,13-14,18,27H,3-6,11-12,15-16H2,1-2H3,(H2,23,24,25);1H. The van der Waals surface area contributed by atoms with Gasteiger partial charge in [0.05, 0.1) is 25.5 Å². The van der Waals surface area contributed by atoms with Gasteiger partial charge >= 0.3 is 0 Å². The van der Waals surface area contributed by atoms with Crippen LogP contribution in [0.2, 0.25) is 0 Å². The molecule has 2 aromatic rings. The number of benzene rings is 1. The maximum absolute atomic E-state index is 9.87. The van der Waals surface area contributed by atoms with Crippen LogP contribution in [0, 0.1) is 0 Å². The molecule has 166 valence electrons. The van der Waals surface area contributed by atoms with Crippen molar-refractivity contribution in [2.45, 2.75) is 39.3 Å². The first-order valence-corrected chi connectivity index (χ1v) is 10.5. The van der Waals surface area contributed by atoms with Crippen molar-refractivity contribution in [3.05, 3.63) is 47.9 Å². The van der Waals surface area contributed by atoms with Crippen LogP contribution < -0.4 is 15.4 Å². The lowest BCUT2D eigenvalue weighted by molar-refractivity contribution is 0.215. The minimum Gasteiger partial charge on any atom is -0.504 e. The number of aromatic hydroxyl groups is 1. The molecule has 30 heavy (non-hydrogen) atoms. The number of furan rings is 1. The second-order valence-corrected chi connectivity index (χ2v) is 7.09. The molecule has 1 aliphatic heterocycles. The van der Waals surface area contributed by atoms with Crippen LogP contribution in [0.4, 0.5) is 0 Å². The third-order valence-corrected chi connectivity index (χ3v) is 5.00. The van der Waals surface area contributed by atoms with Crippen molar-refractivity contribution in [1.29, 1.82) is 0 Å². The van der Waals surface area contributed by atoms with E-state index in [4.69, 9.17) is 14.1 Å². The molecule has 1 unspecified atom stereocenters. The molecule has 3 rings (SSSR count). The summed E-state index contributed by atoms with van der Waals surface area (Å²) in [6.07, 6.45) is 4.20. The van der Waals surface area contributed by atoms with Crippen molar-refractivity contribution in [2.75, 3.05) is 32.8 Å². The molecular weight excluding hydrogens is 495 g/mol. The van der Waals surface area contributed by atoms with E-state index in [0.29, 0.717) is 18.9 Å². The van der Waals surface area contributed by atoms with Gasteiger partial charge in [-0.15, -0.1) is 24.0 Å². The summed E-state index contributed by atoms with van der Waals surface area (Å²) in [7, 11) is 0. The van der Waals surface area contributed by atoms with Gasteiger partial charge in [0.15, 0.2) is 17.5 Å².